The number of aryl methyl sites for hydroxylation is 1. The quantitative estimate of drug-likeness (QED) is 0.259. The highest BCUT2D eigenvalue weighted by molar-refractivity contribution is 8.26. The Bertz CT molecular complexity index is 1410. The molecule has 0 aliphatic carbocycles. The number of amides is 2. The number of hydrazine groups is 1. The first-order chi connectivity index (χ1) is 17.8. The van der Waals surface area contributed by atoms with Crippen LogP contribution in [0.25, 0.3) is 6.08 Å². The number of hydrogen-bond donors (Lipinski definition) is 1. The average Bonchev–Trinajstić information content (AvgIpc) is 3.11. The summed E-state index contributed by atoms with van der Waals surface area (Å²) in [4.78, 5) is 26.0. The zero-order valence-electron chi connectivity index (χ0n) is 19.9. The number of nitrogens with one attached hydrogen (secondary N) is 1. The summed E-state index contributed by atoms with van der Waals surface area (Å²) >= 11 is 12.6. The number of halogens is 2. The van der Waals surface area contributed by atoms with Gasteiger partial charge in [0.25, 0.3) is 11.8 Å². The second kappa shape index (κ2) is 11.8. The lowest BCUT2D eigenvalue weighted by atomic mass is 10.1. The number of nitrogens with zero attached hydrogens (tertiary/aromatic N) is 1. The number of thiocarbonyl (C=S) groups is 1. The van der Waals surface area contributed by atoms with Gasteiger partial charge in [-0.3, -0.25) is 15.0 Å². The van der Waals surface area contributed by atoms with E-state index >= 15 is 0 Å². The molecule has 1 aliphatic heterocycles. The molecule has 1 N–H and O–H groups in total. The monoisotopic (exact) mass is 556 g/mol. The number of carbonyl (C=O) groups excluding carboxylic acids is 2. The predicted molar refractivity (Wildman–Crippen MR) is 147 cm³/mol. The fourth-order valence-electron chi connectivity index (χ4n) is 3.45. The zero-order valence-corrected chi connectivity index (χ0v) is 22.3. The van der Waals surface area contributed by atoms with Crippen LogP contribution in [-0.4, -0.2) is 27.8 Å². The molecule has 3 aromatic rings. The predicted octanol–water partition coefficient (Wildman–Crippen LogP) is 6.31. The van der Waals surface area contributed by atoms with Gasteiger partial charge < -0.3 is 9.47 Å². The normalized spacial score (nSPS) is 14.3. The van der Waals surface area contributed by atoms with Crippen molar-refractivity contribution in [3.63, 3.8) is 0 Å². The molecule has 1 saturated heterocycles. The van der Waals surface area contributed by atoms with Gasteiger partial charge in [-0.1, -0.05) is 53.7 Å². The minimum Gasteiger partial charge on any atom is -0.490 e. The van der Waals surface area contributed by atoms with Gasteiger partial charge >= 0.3 is 0 Å². The summed E-state index contributed by atoms with van der Waals surface area (Å²) in [5.74, 6) is -0.472. The molecule has 1 heterocycles. The molecule has 4 rings (SSSR count). The van der Waals surface area contributed by atoms with Gasteiger partial charge in [-0.25, -0.2) is 4.39 Å². The highest BCUT2D eigenvalue weighted by atomic mass is 35.5. The maximum Gasteiger partial charge on any atom is 0.285 e. The van der Waals surface area contributed by atoms with Crippen LogP contribution in [0.3, 0.4) is 0 Å². The molecule has 2 amide bonds. The number of rotatable bonds is 8. The molecule has 3 aromatic carbocycles. The zero-order chi connectivity index (χ0) is 26.5. The molecule has 0 spiro atoms. The summed E-state index contributed by atoms with van der Waals surface area (Å²) in [6, 6.07) is 16.5. The SMILES string of the molecule is CCOc1cc(/C=C2/SC(=S)N(NC(=O)c3ccc(C)cc3Cl)C2=O)ccc1OCc1ccccc1F. The summed E-state index contributed by atoms with van der Waals surface area (Å²) < 4.78 is 25.6. The van der Waals surface area contributed by atoms with Gasteiger partial charge in [-0.2, -0.15) is 5.01 Å². The molecule has 0 bridgehead atoms. The lowest BCUT2D eigenvalue weighted by molar-refractivity contribution is -0.123. The number of ether oxygens (including phenoxy) is 2. The van der Waals surface area contributed by atoms with Crippen LogP contribution in [0, 0.1) is 12.7 Å². The van der Waals surface area contributed by atoms with Crippen molar-refractivity contribution in [2.24, 2.45) is 0 Å². The molecule has 0 saturated carbocycles. The van der Waals surface area contributed by atoms with Gasteiger partial charge in [-0.15, -0.1) is 0 Å². The Morgan fingerprint density at radius 1 is 1.14 bits per heavy atom. The first kappa shape index (κ1) is 26.7. The molecule has 0 aromatic heterocycles. The van der Waals surface area contributed by atoms with Crippen LogP contribution in [0.2, 0.25) is 5.02 Å². The first-order valence-corrected chi connectivity index (χ1v) is 12.8. The second-order valence-corrected chi connectivity index (χ2v) is 10.0. The van der Waals surface area contributed by atoms with Crippen molar-refractivity contribution in [2.75, 3.05) is 6.61 Å². The van der Waals surface area contributed by atoms with Crippen molar-refractivity contribution in [3.8, 4) is 11.5 Å². The summed E-state index contributed by atoms with van der Waals surface area (Å²) in [6.07, 6.45) is 1.65. The van der Waals surface area contributed by atoms with Gasteiger partial charge in [0.2, 0.25) is 0 Å². The van der Waals surface area contributed by atoms with Crippen molar-refractivity contribution in [1.82, 2.24) is 10.4 Å². The van der Waals surface area contributed by atoms with E-state index in [9.17, 15) is 14.0 Å². The Morgan fingerprint density at radius 3 is 2.65 bits per heavy atom. The van der Waals surface area contributed by atoms with Crippen molar-refractivity contribution >= 4 is 57.8 Å². The standard InChI is InChI=1S/C27H22ClFN2O4S2/c1-3-34-23-13-17(9-11-22(23)35-15-18-6-4-5-7-21(18)29)14-24-26(33)31(27(36)37-24)30-25(32)19-10-8-16(2)12-20(19)28/h4-14H,3,15H2,1-2H3,(H,30,32)/b24-14+. The van der Waals surface area contributed by atoms with E-state index in [1.807, 2.05) is 13.8 Å². The third-order valence-electron chi connectivity index (χ3n) is 5.28. The molecule has 37 heavy (non-hydrogen) atoms. The number of thioether (sulfide) groups is 1. The van der Waals surface area contributed by atoms with E-state index in [4.69, 9.17) is 33.3 Å². The fourth-order valence-corrected chi connectivity index (χ4v) is 4.95. The van der Waals surface area contributed by atoms with E-state index in [0.29, 0.717) is 34.1 Å². The molecular weight excluding hydrogens is 535 g/mol. The van der Waals surface area contributed by atoms with Crippen LogP contribution < -0.4 is 14.9 Å². The molecule has 190 valence electrons. The van der Waals surface area contributed by atoms with Crippen molar-refractivity contribution in [3.05, 3.63) is 98.7 Å². The topological polar surface area (TPSA) is 67.9 Å². The smallest absolute Gasteiger partial charge is 0.285 e. The van der Waals surface area contributed by atoms with Crippen LogP contribution in [0.1, 0.15) is 34.0 Å². The molecule has 10 heteroatoms. The lowest BCUT2D eigenvalue weighted by Gasteiger charge is -2.16. The number of benzene rings is 3. The fraction of sp³-hybridized carbons (Fsp3) is 0.148. The molecule has 0 unspecified atom stereocenters. The van der Waals surface area contributed by atoms with Crippen LogP contribution in [0.5, 0.6) is 11.5 Å². The minimum absolute atomic E-state index is 0.0372. The highest BCUT2D eigenvalue weighted by Crippen LogP contribution is 2.35. The average molecular weight is 557 g/mol. The lowest BCUT2D eigenvalue weighted by Crippen LogP contribution is -2.44. The van der Waals surface area contributed by atoms with Crippen LogP contribution in [0.15, 0.2) is 65.6 Å². The molecule has 0 radical (unpaired) electrons. The number of carbonyl (C=O) groups is 2. The van der Waals surface area contributed by atoms with Crippen LogP contribution in [0.4, 0.5) is 4.39 Å². The van der Waals surface area contributed by atoms with Crippen LogP contribution >= 0.6 is 35.6 Å². The Labute approximate surface area is 228 Å². The van der Waals surface area contributed by atoms with Crippen molar-refractivity contribution < 1.29 is 23.5 Å². The second-order valence-electron chi connectivity index (χ2n) is 7.96. The third-order valence-corrected chi connectivity index (χ3v) is 6.90. The highest BCUT2D eigenvalue weighted by Gasteiger charge is 2.34. The van der Waals surface area contributed by atoms with Gasteiger partial charge in [0.05, 0.1) is 22.1 Å². The Balaban J connectivity index is 1.50. The summed E-state index contributed by atoms with van der Waals surface area (Å²) in [6.45, 7) is 4.12. The molecular formula is C27H22ClFN2O4S2. The van der Waals surface area contributed by atoms with E-state index in [1.165, 1.54) is 6.07 Å². The third kappa shape index (κ3) is 6.30. The molecule has 0 atom stereocenters. The van der Waals surface area contributed by atoms with Crippen molar-refractivity contribution in [2.45, 2.75) is 20.5 Å². The van der Waals surface area contributed by atoms with E-state index in [-0.39, 0.29) is 27.3 Å². The Kier molecular flexibility index (Phi) is 8.48. The number of hydrogen-bond acceptors (Lipinski definition) is 6. The van der Waals surface area contributed by atoms with E-state index < -0.39 is 11.8 Å². The van der Waals surface area contributed by atoms with Crippen molar-refractivity contribution in [1.29, 1.82) is 0 Å². The maximum absolute atomic E-state index is 13.9. The maximum atomic E-state index is 13.9. The molecule has 1 aliphatic rings. The minimum atomic E-state index is -0.544. The van der Waals surface area contributed by atoms with Gasteiger partial charge in [-0.05, 0) is 73.6 Å². The molecule has 6 nitrogen and oxygen atoms in total. The first-order valence-electron chi connectivity index (χ1n) is 11.2. The largest absolute Gasteiger partial charge is 0.490 e. The Morgan fingerprint density at radius 2 is 1.92 bits per heavy atom. The van der Waals surface area contributed by atoms with E-state index in [1.54, 1.807) is 60.7 Å². The summed E-state index contributed by atoms with van der Waals surface area (Å²) in [7, 11) is 0. The van der Waals surface area contributed by atoms with Gasteiger partial charge in [0.1, 0.15) is 12.4 Å². The molecule has 1 fully saturated rings. The summed E-state index contributed by atoms with van der Waals surface area (Å²) in [5.41, 5.74) is 4.76. The van der Waals surface area contributed by atoms with Gasteiger partial charge in [0.15, 0.2) is 15.8 Å². The summed E-state index contributed by atoms with van der Waals surface area (Å²) in [5, 5.41) is 1.30. The van der Waals surface area contributed by atoms with Gasteiger partial charge in [0, 0.05) is 5.56 Å². The van der Waals surface area contributed by atoms with E-state index in [2.05, 4.69) is 5.43 Å². The Hall–Kier alpha value is -3.40. The van der Waals surface area contributed by atoms with E-state index in [0.717, 1.165) is 22.3 Å². The van der Waals surface area contributed by atoms with Crippen LogP contribution in [-0.2, 0) is 11.4 Å².